The van der Waals surface area contributed by atoms with Gasteiger partial charge < -0.3 is 10.2 Å². The second-order valence-corrected chi connectivity index (χ2v) is 10.4. The van der Waals surface area contributed by atoms with Crippen molar-refractivity contribution in [1.82, 2.24) is 4.90 Å². The zero-order chi connectivity index (χ0) is 25.2. The van der Waals surface area contributed by atoms with E-state index in [0.29, 0.717) is 17.1 Å². The molecule has 0 spiro atoms. The van der Waals surface area contributed by atoms with E-state index < -0.39 is 15.9 Å². The molecule has 4 rings (SSSR count). The lowest BCUT2D eigenvalue weighted by atomic mass is 9.90. The third-order valence-corrected chi connectivity index (χ3v) is 6.82. The molecular weight excluding hydrogens is 464 g/mol. The molecular formula is C26H26N4O4S. The van der Waals surface area contributed by atoms with E-state index in [9.17, 15) is 18.0 Å². The van der Waals surface area contributed by atoms with Crippen LogP contribution in [0.4, 0.5) is 17.1 Å². The Labute approximate surface area is 205 Å². The van der Waals surface area contributed by atoms with Crippen LogP contribution >= 0.6 is 0 Å². The van der Waals surface area contributed by atoms with Gasteiger partial charge in [0.05, 0.1) is 23.3 Å². The number of sulfonamides is 1. The third-order valence-electron chi connectivity index (χ3n) is 5.68. The number of amides is 2. The lowest BCUT2D eigenvalue weighted by Crippen LogP contribution is -2.39. The van der Waals surface area contributed by atoms with Crippen LogP contribution in [-0.4, -0.2) is 57.7 Å². The number of nitrogens with one attached hydrogen (secondary N) is 1. The molecule has 9 heteroatoms. The van der Waals surface area contributed by atoms with Crippen molar-refractivity contribution >= 4 is 44.6 Å². The van der Waals surface area contributed by atoms with Crippen LogP contribution in [0.2, 0.25) is 0 Å². The third kappa shape index (κ3) is 5.25. The summed E-state index contributed by atoms with van der Waals surface area (Å²) in [6.07, 6.45) is 1.06. The number of hydrogen-bond acceptors (Lipinski definition) is 5. The molecule has 1 aliphatic rings. The van der Waals surface area contributed by atoms with E-state index >= 15 is 0 Å². The van der Waals surface area contributed by atoms with E-state index in [-0.39, 0.29) is 18.4 Å². The van der Waals surface area contributed by atoms with E-state index in [1.807, 2.05) is 54.6 Å². The molecule has 0 saturated carbocycles. The van der Waals surface area contributed by atoms with Crippen LogP contribution in [0, 0.1) is 0 Å². The van der Waals surface area contributed by atoms with Gasteiger partial charge in [0.1, 0.15) is 12.5 Å². The first-order valence-electron chi connectivity index (χ1n) is 11.0. The standard InChI is InChI=1S/C26H26N4O4S/c1-29(2)23(31)17-30(35(3,33)34)20-13-9-12-19(16-20)27-25(18-10-5-4-6-11-18)24-21-14-7-8-15-22(21)28-26(24)32/h4-16,24H,17H2,1-3H3,(H,28,32). The topological polar surface area (TPSA) is 99.2 Å². The number of anilines is 2. The summed E-state index contributed by atoms with van der Waals surface area (Å²) in [4.78, 5) is 31.5. The number of likely N-dealkylation sites (N-methyl/N-ethyl adjacent to an activating group) is 1. The summed E-state index contributed by atoms with van der Waals surface area (Å²) in [6, 6.07) is 23.5. The Balaban J connectivity index is 1.81. The summed E-state index contributed by atoms with van der Waals surface area (Å²) in [7, 11) is -0.596. The normalized spacial score (nSPS) is 15.3. The number of carbonyl (C=O) groups excluding carboxylic acids is 2. The fourth-order valence-electron chi connectivity index (χ4n) is 3.91. The van der Waals surface area contributed by atoms with Crippen LogP contribution in [0.25, 0.3) is 0 Å². The molecule has 180 valence electrons. The summed E-state index contributed by atoms with van der Waals surface area (Å²) >= 11 is 0. The molecule has 0 aliphatic carbocycles. The molecule has 1 unspecified atom stereocenters. The Hall–Kier alpha value is -3.98. The first kappa shape index (κ1) is 24.2. The zero-order valence-corrected chi connectivity index (χ0v) is 20.5. The van der Waals surface area contributed by atoms with E-state index in [2.05, 4.69) is 5.32 Å². The van der Waals surface area contributed by atoms with Crippen LogP contribution in [0.5, 0.6) is 0 Å². The Kier molecular flexibility index (Phi) is 6.70. The predicted octanol–water partition coefficient (Wildman–Crippen LogP) is 3.40. The Bertz CT molecular complexity index is 1400. The molecule has 1 atom stereocenters. The molecule has 0 radical (unpaired) electrons. The van der Waals surface area contributed by atoms with E-state index in [1.54, 1.807) is 38.4 Å². The SMILES string of the molecule is CN(C)C(=O)CN(c1cccc(N=C(c2ccccc2)C2C(=O)Nc3ccccc32)c1)S(C)(=O)=O. The fraction of sp³-hybridized carbons (Fsp3) is 0.192. The Morgan fingerprint density at radius 3 is 2.34 bits per heavy atom. The Morgan fingerprint density at radius 1 is 0.971 bits per heavy atom. The molecule has 1 aliphatic heterocycles. The van der Waals surface area contributed by atoms with Gasteiger partial charge in [-0.15, -0.1) is 0 Å². The van der Waals surface area contributed by atoms with Crippen LogP contribution in [0.1, 0.15) is 17.0 Å². The molecule has 0 fully saturated rings. The minimum atomic E-state index is -3.74. The second kappa shape index (κ2) is 9.71. The first-order chi connectivity index (χ1) is 16.6. The van der Waals surface area contributed by atoms with Gasteiger partial charge >= 0.3 is 0 Å². The molecule has 8 nitrogen and oxygen atoms in total. The van der Waals surface area contributed by atoms with E-state index in [1.165, 1.54) is 4.90 Å². The molecule has 0 aromatic heterocycles. The van der Waals surface area contributed by atoms with Crippen LogP contribution in [-0.2, 0) is 19.6 Å². The summed E-state index contributed by atoms with van der Waals surface area (Å²) in [5.41, 5.74) is 3.66. The molecule has 3 aromatic rings. The number of hydrogen-bond donors (Lipinski definition) is 1. The van der Waals surface area contributed by atoms with Gasteiger partial charge in [-0.2, -0.15) is 0 Å². The molecule has 3 aromatic carbocycles. The highest BCUT2D eigenvalue weighted by molar-refractivity contribution is 7.92. The van der Waals surface area contributed by atoms with Crippen LogP contribution in [0.15, 0.2) is 83.9 Å². The number of nitrogens with zero attached hydrogens (tertiary/aromatic N) is 3. The van der Waals surface area contributed by atoms with Gasteiger partial charge in [-0.05, 0) is 35.4 Å². The second-order valence-electron chi connectivity index (χ2n) is 8.45. The molecule has 0 bridgehead atoms. The fourth-order valence-corrected chi connectivity index (χ4v) is 4.75. The minimum absolute atomic E-state index is 0.181. The Morgan fingerprint density at radius 2 is 1.66 bits per heavy atom. The van der Waals surface area contributed by atoms with Crippen molar-refractivity contribution in [3.05, 3.63) is 90.0 Å². The number of rotatable bonds is 7. The monoisotopic (exact) mass is 490 g/mol. The van der Waals surface area contributed by atoms with Gasteiger partial charge in [0, 0.05) is 19.8 Å². The largest absolute Gasteiger partial charge is 0.347 e. The summed E-state index contributed by atoms with van der Waals surface area (Å²) in [5.74, 6) is -1.16. The summed E-state index contributed by atoms with van der Waals surface area (Å²) in [5, 5.41) is 2.92. The molecule has 1 heterocycles. The number of benzene rings is 3. The number of aliphatic imine (C=N–C) groups is 1. The highest BCUT2D eigenvalue weighted by Gasteiger charge is 2.35. The first-order valence-corrected chi connectivity index (χ1v) is 12.8. The van der Waals surface area contributed by atoms with Crippen molar-refractivity contribution in [2.24, 2.45) is 4.99 Å². The van der Waals surface area contributed by atoms with Crippen molar-refractivity contribution in [3.63, 3.8) is 0 Å². The minimum Gasteiger partial charge on any atom is -0.347 e. The summed E-state index contributed by atoms with van der Waals surface area (Å²) in [6.45, 7) is -0.330. The predicted molar refractivity (Wildman–Crippen MR) is 138 cm³/mol. The number of para-hydroxylation sites is 1. The molecule has 35 heavy (non-hydrogen) atoms. The van der Waals surface area contributed by atoms with Gasteiger partial charge in [0.15, 0.2) is 0 Å². The van der Waals surface area contributed by atoms with Crippen molar-refractivity contribution < 1.29 is 18.0 Å². The summed E-state index contributed by atoms with van der Waals surface area (Å²) < 4.78 is 26.1. The smallest absolute Gasteiger partial charge is 0.242 e. The maximum atomic E-state index is 13.0. The highest BCUT2D eigenvalue weighted by atomic mass is 32.2. The van der Waals surface area contributed by atoms with E-state index in [4.69, 9.17) is 4.99 Å². The quantitative estimate of drug-likeness (QED) is 0.513. The lowest BCUT2D eigenvalue weighted by Gasteiger charge is -2.23. The number of carbonyl (C=O) groups is 2. The van der Waals surface area contributed by atoms with E-state index in [0.717, 1.165) is 27.4 Å². The van der Waals surface area contributed by atoms with Crippen LogP contribution in [0.3, 0.4) is 0 Å². The molecule has 0 saturated heterocycles. The zero-order valence-electron chi connectivity index (χ0n) is 19.7. The van der Waals surface area contributed by atoms with Crippen molar-refractivity contribution in [1.29, 1.82) is 0 Å². The average molecular weight is 491 g/mol. The lowest BCUT2D eigenvalue weighted by molar-refractivity contribution is -0.127. The number of fused-ring (bicyclic) bond motifs is 1. The van der Waals surface area contributed by atoms with Gasteiger partial charge in [0.2, 0.25) is 21.8 Å². The maximum absolute atomic E-state index is 13.0. The van der Waals surface area contributed by atoms with Crippen LogP contribution < -0.4 is 9.62 Å². The average Bonchev–Trinajstić information content (AvgIpc) is 3.16. The van der Waals surface area contributed by atoms with Gasteiger partial charge in [-0.3, -0.25) is 18.9 Å². The van der Waals surface area contributed by atoms with Gasteiger partial charge in [0.25, 0.3) is 0 Å². The van der Waals surface area contributed by atoms with Crippen molar-refractivity contribution in [2.45, 2.75) is 5.92 Å². The van der Waals surface area contributed by atoms with Crippen molar-refractivity contribution in [2.75, 3.05) is 36.5 Å². The van der Waals surface area contributed by atoms with Gasteiger partial charge in [-0.25, -0.2) is 8.42 Å². The van der Waals surface area contributed by atoms with Crippen molar-refractivity contribution in [3.8, 4) is 0 Å². The molecule has 1 N–H and O–H groups in total. The molecule has 2 amide bonds. The highest BCUT2D eigenvalue weighted by Crippen LogP contribution is 2.36. The van der Waals surface area contributed by atoms with Gasteiger partial charge in [-0.1, -0.05) is 54.6 Å². The maximum Gasteiger partial charge on any atom is 0.242 e.